The van der Waals surface area contributed by atoms with Crippen molar-refractivity contribution in [3.8, 4) is 5.75 Å². The first-order valence-electron chi connectivity index (χ1n) is 7.26. The number of benzene rings is 1. The fourth-order valence-electron chi connectivity index (χ4n) is 1.96. The van der Waals surface area contributed by atoms with Crippen LogP contribution in [0.5, 0.6) is 5.75 Å². The number of esters is 1. The monoisotopic (exact) mass is 330 g/mol. The standard InChI is InChI=1S/C17H21F3O3/c1-5-16(4,17(18,19)20)12(3)23-14-10-8-7-9-13(14)11-15(21)22-6-2/h5,7-10,12H,1,6,11H2,2-4H3/t12-,16?/m1/s1. The molecule has 0 fully saturated rings. The number of carbonyl (C=O) groups is 1. The van der Waals surface area contributed by atoms with Crippen molar-refractivity contribution in [2.75, 3.05) is 6.61 Å². The number of rotatable bonds is 7. The van der Waals surface area contributed by atoms with Gasteiger partial charge in [-0.05, 0) is 26.8 Å². The summed E-state index contributed by atoms with van der Waals surface area (Å²) in [6.45, 7) is 7.56. The summed E-state index contributed by atoms with van der Waals surface area (Å²) >= 11 is 0. The lowest BCUT2D eigenvalue weighted by molar-refractivity contribution is -0.222. The molecule has 3 nitrogen and oxygen atoms in total. The van der Waals surface area contributed by atoms with Crippen LogP contribution in [0.25, 0.3) is 0 Å². The molecule has 2 atom stereocenters. The average molecular weight is 330 g/mol. The van der Waals surface area contributed by atoms with Gasteiger partial charge < -0.3 is 9.47 Å². The summed E-state index contributed by atoms with van der Waals surface area (Å²) in [6.07, 6.45) is -4.92. The van der Waals surface area contributed by atoms with Crippen molar-refractivity contribution >= 4 is 5.97 Å². The third-order valence-electron chi connectivity index (χ3n) is 3.80. The molecule has 23 heavy (non-hydrogen) atoms. The van der Waals surface area contributed by atoms with Crippen LogP contribution in [0.3, 0.4) is 0 Å². The smallest absolute Gasteiger partial charge is 0.401 e. The second-order valence-electron chi connectivity index (χ2n) is 5.33. The van der Waals surface area contributed by atoms with Crippen molar-refractivity contribution in [1.82, 2.24) is 0 Å². The summed E-state index contributed by atoms with van der Waals surface area (Å²) in [5.74, 6) is -0.233. The third-order valence-corrected chi connectivity index (χ3v) is 3.80. The summed E-state index contributed by atoms with van der Waals surface area (Å²) in [6, 6.07) is 6.47. The molecule has 1 aromatic rings. The maximum Gasteiger partial charge on any atom is 0.401 e. The van der Waals surface area contributed by atoms with E-state index in [1.165, 1.54) is 13.0 Å². The Kier molecular flexibility index (Phi) is 6.24. The Morgan fingerprint density at radius 2 is 1.96 bits per heavy atom. The largest absolute Gasteiger partial charge is 0.489 e. The normalized spacial score (nSPS) is 15.4. The molecule has 1 unspecified atom stereocenters. The number of hydrogen-bond acceptors (Lipinski definition) is 3. The number of hydrogen-bond donors (Lipinski definition) is 0. The lowest BCUT2D eigenvalue weighted by Crippen LogP contribution is -2.45. The number of carbonyl (C=O) groups excluding carboxylic acids is 1. The van der Waals surface area contributed by atoms with Gasteiger partial charge in [0.05, 0.1) is 13.0 Å². The predicted molar refractivity (Wildman–Crippen MR) is 81.2 cm³/mol. The van der Waals surface area contributed by atoms with E-state index in [9.17, 15) is 18.0 Å². The Bertz CT molecular complexity index is 554. The highest BCUT2D eigenvalue weighted by Crippen LogP contribution is 2.43. The Morgan fingerprint density at radius 3 is 2.48 bits per heavy atom. The summed E-state index contributed by atoms with van der Waals surface area (Å²) < 4.78 is 50.1. The van der Waals surface area contributed by atoms with E-state index in [0.29, 0.717) is 5.56 Å². The van der Waals surface area contributed by atoms with Crippen molar-refractivity contribution in [3.63, 3.8) is 0 Å². The summed E-state index contributed by atoms with van der Waals surface area (Å²) in [5.41, 5.74) is -1.73. The molecule has 0 aliphatic carbocycles. The number of alkyl halides is 3. The summed E-state index contributed by atoms with van der Waals surface area (Å²) in [7, 11) is 0. The minimum Gasteiger partial charge on any atom is -0.489 e. The fraction of sp³-hybridized carbons (Fsp3) is 0.471. The van der Waals surface area contributed by atoms with Crippen LogP contribution in [0.2, 0.25) is 0 Å². The molecule has 1 rings (SSSR count). The van der Waals surface area contributed by atoms with Crippen LogP contribution in [-0.2, 0) is 16.0 Å². The van der Waals surface area contributed by atoms with Crippen molar-refractivity contribution in [2.24, 2.45) is 5.41 Å². The number of halogens is 3. The fourth-order valence-corrected chi connectivity index (χ4v) is 1.96. The first-order valence-corrected chi connectivity index (χ1v) is 7.26. The van der Waals surface area contributed by atoms with E-state index >= 15 is 0 Å². The maximum absolute atomic E-state index is 13.2. The molecule has 0 bridgehead atoms. The van der Waals surface area contributed by atoms with Gasteiger partial charge in [0.15, 0.2) is 0 Å². The minimum atomic E-state index is -4.50. The van der Waals surface area contributed by atoms with Crippen LogP contribution in [-0.4, -0.2) is 24.9 Å². The van der Waals surface area contributed by atoms with Crippen LogP contribution in [0.1, 0.15) is 26.3 Å². The third kappa shape index (κ3) is 4.50. The Labute approximate surface area is 134 Å². The van der Waals surface area contributed by atoms with Gasteiger partial charge in [0, 0.05) is 5.56 Å². The second-order valence-corrected chi connectivity index (χ2v) is 5.33. The average Bonchev–Trinajstić information content (AvgIpc) is 2.47. The lowest BCUT2D eigenvalue weighted by Gasteiger charge is -2.35. The molecule has 0 heterocycles. The molecular formula is C17H21F3O3. The van der Waals surface area contributed by atoms with Crippen molar-refractivity contribution < 1.29 is 27.4 Å². The second kappa shape index (κ2) is 7.53. The van der Waals surface area contributed by atoms with E-state index in [1.807, 2.05) is 0 Å². The molecule has 1 aromatic carbocycles. The van der Waals surface area contributed by atoms with Crippen molar-refractivity contribution in [3.05, 3.63) is 42.5 Å². The quantitative estimate of drug-likeness (QED) is 0.552. The van der Waals surface area contributed by atoms with Gasteiger partial charge in [-0.1, -0.05) is 24.3 Å². The van der Waals surface area contributed by atoms with Crippen LogP contribution < -0.4 is 4.74 Å². The first kappa shape index (κ1) is 19.1. The highest BCUT2D eigenvalue weighted by atomic mass is 19.4. The van der Waals surface area contributed by atoms with Crippen LogP contribution >= 0.6 is 0 Å². The van der Waals surface area contributed by atoms with Gasteiger partial charge in [0.25, 0.3) is 0 Å². The SMILES string of the molecule is C=CC(C)([C@@H](C)Oc1ccccc1CC(=O)OCC)C(F)(F)F. The van der Waals surface area contributed by atoms with E-state index in [-0.39, 0.29) is 18.8 Å². The van der Waals surface area contributed by atoms with E-state index in [4.69, 9.17) is 9.47 Å². The van der Waals surface area contributed by atoms with E-state index < -0.39 is 23.7 Å². The zero-order valence-corrected chi connectivity index (χ0v) is 13.4. The summed E-state index contributed by atoms with van der Waals surface area (Å²) in [4.78, 5) is 11.6. The van der Waals surface area contributed by atoms with Gasteiger partial charge in [-0.15, -0.1) is 6.58 Å². The molecule has 0 aliphatic heterocycles. The van der Waals surface area contributed by atoms with Crippen molar-refractivity contribution in [2.45, 2.75) is 39.5 Å². The van der Waals surface area contributed by atoms with Crippen LogP contribution in [0.4, 0.5) is 13.2 Å². The van der Waals surface area contributed by atoms with E-state index in [1.54, 1.807) is 25.1 Å². The van der Waals surface area contributed by atoms with Gasteiger partial charge in [-0.25, -0.2) is 0 Å². The van der Waals surface area contributed by atoms with Gasteiger partial charge in [-0.3, -0.25) is 4.79 Å². The first-order chi connectivity index (χ1) is 10.7. The van der Waals surface area contributed by atoms with E-state index in [2.05, 4.69) is 6.58 Å². The van der Waals surface area contributed by atoms with Crippen LogP contribution in [0, 0.1) is 5.41 Å². The molecule has 0 saturated carbocycles. The van der Waals surface area contributed by atoms with Gasteiger partial charge >= 0.3 is 12.1 Å². The molecule has 0 amide bonds. The Balaban J connectivity index is 3.00. The molecule has 6 heteroatoms. The molecule has 0 spiro atoms. The molecule has 0 N–H and O–H groups in total. The number of ether oxygens (including phenoxy) is 2. The molecule has 0 saturated heterocycles. The van der Waals surface area contributed by atoms with Crippen molar-refractivity contribution in [1.29, 1.82) is 0 Å². The molecule has 0 aromatic heterocycles. The van der Waals surface area contributed by atoms with Gasteiger partial charge in [0.2, 0.25) is 0 Å². The molecular weight excluding hydrogens is 309 g/mol. The zero-order chi connectivity index (χ0) is 17.7. The predicted octanol–water partition coefficient (Wildman–Crippen LogP) is 4.31. The molecule has 128 valence electrons. The van der Waals surface area contributed by atoms with E-state index in [0.717, 1.165) is 13.0 Å². The lowest BCUT2D eigenvalue weighted by atomic mass is 9.84. The van der Waals surface area contributed by atoms with Gasteiger partial charge in [0.1, 0.15) is 17.3 Å². The highest BCUT2D eigenvalue weighted by Gasteiger charge is 2.53. The van der Waals surface area contributed by atoms with Gasteiger partial charge in [-0.2, -0.15) is 13.2 Å². The Morgan fingerprint density at radius 1 is 1.35 bits per heavy atom. The van der Waals surface area contributed by atoms with Crippen LogP contribution in [0.15, 0.2) is 36.9 Å². The minimum absolute atomic E-state index is 0.0619. The topological polar surface area (TPSA) is 35.5 Å². The Hall–Kier alpha value is -1.98. The molecule has 0 radical (unpaired) electrons. The molecule has 0 aliphatic rings. The number of para-hydroxylation sites is 1. The zero-order valence-electron chi connectivity index (χ0n) is 13.4. The highest BCUT2D eigenvalue weighted by molar-refractivity contribution is 5.73. The maximum atomic E-state index is 13.2. The summed E-state index contributed by atoms with van der Waals surface area (Å²) in [5, 5.41) is 0.